The Hall–Kier alpha value is -0.610. The minimum Gasteiger partial charge on any atom is -0.342 e. The van der Waals surface area contributed by atoms with Crippen molar-refractivity contribution in [1.29, 1.82) is 0 Å². The summed E-state index contributed by atoms with van der Waals surface area (Å²) in [5.41, 5.74) is 0. The second-order valence-electron chi connectivity index (χ2n) is 5.64. The van der Waals surface area contributed by atoms with Crippen LogP contribution in [0.1, 0.15) is 33.6 Å². The highest BCUT2D eigenvalue weighted by Gasteiger charge is 2.23. The number of piperazine rings is 1. The van der Waals surface area contributed by atoms with Crippen molar-refractivity contribution < 1.29 is 4.79 Å². The van der Waals surface area contributed by atoms with Gasteiger partial charge in [-0.15, -0.1) is 0 Å². The summed E-state index contributed by atoms with van der Waals surface area (Å²) in [5, 5.41) is 0. The molecule has 0 aromatic heterocycles. The van der Waals surface area contributed by atoms with E-state index in [1.807, 2.05) is 13.8 Å². The Morgan fingerprint density at radius 3 is 2.05 bits per heavy atom. The van der Waals surface area contributed by atoms with Gasteiger partial charge in [0.2, 0.25) is 5.91 Å². The van der Waals surface area contributed by atoms with E-state index in [0.717, 1.165) is 45.2 Å². The quantitative estimate of drug-likeness (QED) is 0.760. The van der Waals surface area contributed by atoms with Crippen molar-refractivity contribution in [3.63, 3.8) is 0 Å². The molecule has 0 aromatic rings. The Morgan fingerprint density at radius 1 is 1.00 bits per heavy atom. The highest BCUT2D eigenvalue weighted by Crippen LogP contribution is 2.16. The summed E-state index contributed by atoms with van der Waals surface area (Å²) in [5.74, 6) is 1.13. The third kappa shape index (κ3) is 5.49. The van der Waals surface area contributed by atoms with Crippen molar-refractivity contribution in [2.24, 2.45) is 5.92 Å². The van der Waals surface area contributed by atoms with Gasteiger partial charge in [-0.25, -0.2) is 0 Å². The Morgan fingerprint density at radius 2 is 1.53 bits per heavy atom. The van der Waals surface area contributed by atoms with E-state index >= 15 is 0 Å². The van der Waals surface area contributed by atoms with E-state index in [0.29, 0.717) is 12.5 Å². The monoisotopic (exact) mass is 269 g/mol. The first-order valence-electron chi connectivity index (χ1n) is 7.84. The van der Waals surface area contributed by atoms with Crippen molar-refractivity contribution in [3.8, 4) is 0 Å². The van der Waals surface area contributed by atoms with E-state index in [1.54, 1.807) is 0 Å². The lowest BCUT2D eigenvalue weighted by Crippen LogP contribution is -2.50. The van der Waals surface area contributed by atoms with Crippen molar-refractivity contribution in [3.05, 3.63) is 0 Å². The summed E-state index contributed by atoms with van der Waals surface area (Å²) in [6, 6.07) is 0. The largest absolute Gasteiger partial charge is 0.342 e. The molecule has 0 radical (unpaired) electrons. The average molecular weight is 269 g/mol. The lowest BCUT2D eigenvalue weighted by atomic mass is 9.99. The summed E-state index contributed by atoms with van der Waals surface area (Å²) in [6.07, 6.45) is 2.35. The lowest BCUT2D eigenvalue weighted by Gasteiger charge is -2.35. The molecular weight excluding hydrogens is 238 g/mol. The molecule has 0 unspecified atom stereocenters. The molecule has 112 valence electrons. The molecule has 0 spiro atoms. The van der Waals surface area contributed by atoms with Crippen LogP contribution in [-0.2, 0) is 4.79 Å². The summed E-state index contributed by atoms with van der Waals surface area (Å²) in [6.45, 7) is 13.1. The zero-order valence-electron chi connectivity index (χ0n) is 13.2. The number of nitrogens with zero attached hydrogens (tertiary/aromatic N) is 3. The number of rotatable bonds is 2. The summed E-state index contributed by atoms with van der Waals surface area (Å²) in [7, 11) is 2.14. The summed E-state index contributed by atoms with van der Waals surface area (Å²) >= 11 is 0. The predicted molar refractivity (Wildman–Crippen MR) is 80.3 cm³/mol. The van der Waals surface area contributed by atoms with Crippen LogP contribution in [-0.4, -0.2) is 73.5 Å². The smallest absolute Gasteiger partial charge is 0.236 e. The molecule has 2 fully saturated rings. The Balaban J connectivity index is 0.000000861. The molecule has 0 bridgehead atoms. The number of carbonyl (C=O) groups excluding carboxylic acids is 1. The molecule has 0 saturated carbocycles. The molecule has 2 aliphatic heterocycles. The molecule has 4 nitrogen and oxygen atoms in total. The zero-order chi connectivity index (χ0) is 14.3. The highest BCUT2D eigenvalue weighted by atomic mass is 16.2. The predicted octanol–water partition coefficient (Wildman–Crippen LogP) is 1.52. The van der Waals surface area contributed by atoms with Gasteiger partial charge in [-0.05, 0) is 25.8 Å². The SMILES string of the molecule is CC.CC1CCN(C(=O)CN2CCN(C)CC2)CC1. The van der Waals surface area contributed by atoms with Crippen LogP contribution in [0.25, 0.3) is 0 Å². The maximum atomic E-state index is 12.1. The third-order valence-electron chi connectivity index (χ3n) is 4.09. The topological polar surface area (TPSA) is 26.8 Å². The van der Waals surface area contributed by atoms with Crippen LogP contribution in [0.15, 0.2) is 0 Å². The van der Waals surface area contributed by atoms with Gasteiger partial charge in [-0.3, -0.25) is 9.69 Å². The molecule has 2 saturated heterocycles. The highest BCUT2D eigenvalue weighted by molar-refractivity contribution is 5.78. The van der Waals surface area contributed by atoms with Crippen molar-refractivity contribution in [1.82, 2.24) is 14.7 Å². The van der Waals surface area contributed by atoms with E-state index in [2.05, 4.69) is 28.7 Å². The lowest BCUT2D eigenvalue weighted by molar-refractivity contribution is -0.134. The molecular formula is C15H31N3O. The third-order valence-corrected chi connectivity index (χ3v) is 4.09. The second kappa shape index (κ2) is 8.54. The van der Waals surface area contributed by atoms with Crippen LogP contribution in [0, 0.1) is 5.92 Å². The van der Waals surface area contributed by atoms with Crippen molar-refractivity contribution in [2.75, 3.05) is 52.9 Å². The molecule has 2 heterocycles. The van der Waals surface area contributed by atoms with E-state index in [9.17, 15) is 4.79 Å². The molecule has 0 N–H and O–H groups in total. The fourth-order valence-corrected chi connectivity index (χ4v) is 2.56. The molecule has 2 rings (SSSR count). The van der Waals surface area contributed by atoms with Gasteiger partial charge in [0.25, 0.3) is 0 Å². The molecule has 1 amide bonds. The van der Waals surface area contributed by atoms with Gasteiger partial charge >= 0.3 is 0 Å². The van der Waals surface area contributed by atoms with Crippen LogP contribution >= 0.6 is 0 Å². The van der Waals surface area contributed by atoms with Gasteiger partial charge in [0.05, 0.1) is 6.54 Å². The Bertz CT molecular complexity index is 254. The normalized spacial score (nSPS) is 22.8. The van der Waals surface area contributed by atoms with E-state index < -0.39 is 0 Å². The minimum atomic E-state index is 0.335. The van der Waals surface area contributed by atoms with Crippen molar-refractivity contribution in [2.45, 2.75) is 33.6 Å². The first-order chi connectivity index (χ1) is 9.15. The van der Waals surface area contributed by atoms with E-state index in [-0.39, 0.29) is 0 Å². The number of hydrogen-bond donors (Lipinski definition) is 0. The zero-order valence-corrected chi connectivity index (χ0v) is 13.2. The van der Waals surface area contributed by atoms with Gasteiger partial charge in [0.1, 0.15) is 0 Å². The first-order valence-corrected chi connectivity index (χ1v) is 7.84. The second-order valence-corrected chi connectivity index (χ2v) is 5.64. The maximum absolute atomic E-state index is 12.1. The standard InChI is InChI=1S/C13H25N3O.C2H6/c1-12-3-5-16(6-4-12)13(17)11-15-9-7-14(2)8-10-15;1-2/h12H,3-11H2,1-2H3;1-2H3. The van der Waals surface area contributed by atoms with E-state index in [4.69, 9.17) is 0 Å². The minimum absolute atomic E-state index is 0.335. The molecule has 19 heavy (non-hydrogen) atoms. The maximum Gasteiger partial charge on any atom is 0.236 e. The van der Waals surface area contributed by atoms with Gasteiger partial charge in [-0.2, -0.15) is 0 Å². The van der Waals surface area contributed by atoms with Gasteiger partial charge < -0.3 is 9.80 Å². The Labute approximate surface area is 118 Å². The number of hydrogen-bond acceptors (Lipinski definition) is 3. The fraction of sp³-hybridized carbons (Fsp3) is 0.933. The first kappa shape index (κ1) is 16.4. The molecule has 2 aliphatic rings. The number of amides is 1. The number of piperidine rings is 1. The van der Waals surface area contributed by atoms with Crippen LogP contribution in [0.3, 0.4) is 0 Å². The van der Waals surface area contributed by atoms with Crippen LogP contribution in [0.4, 0.5) is 0 Å². The van der Waals surface area contributed by atoms with Crippen LogP contribution in [0.5, 0.6) is 0 Å². The number of likely N-dealkylation sites (tertiary alicyclic amines) is 1. The summed E-state index contributed by atoms with van der Waals surface area (Å²) < 4.78 is 0. The van der Waals surface area contributed by atoms with Gasteiger partial charge in [0, 0.05) is 39.3 Å². The number of likely N-dealkylation sites (N-methyl/N-ethyl adjacent to an activating group) is 1. The molecule has 0 aromatic carbocycles. The van der Waals surface area contributed by atoms with Crippen molar-refractivity contribution >= 4 is 5.91 Å². The number of carbonyl (C=O) groups is 1. The van der Waals surface area contributed by atoms with E-state index in [1.165, 1.54) is 12.8 Å². The van der Waals surface area contributed by atoms with Gasteiger partial charge in [0.15, 0.2) is 0 Å². The average Bonchev–Trinajstić information content (AvgIpc) is 2.44. The van der Waals surface area contributed by atoms with Crippen LogP contribution in [0.2, 0.25) is 0 Å². The fourth-order valence-electron chi connectivity index (χ4n) is 2.56. The summed E-state index contributed by atoms with van der Waals surface area (Å²) in [4.78, 5) is 18.8. The molecule has 0 atom stereocenters. The molecule has 0 aliphatic carbocycles. The Kier molecular flexibility index (Phi) is 7.39. The van der Waals surface area contributed by atoms with Gasteiger partial charge in [-0.1, -0.05) is 20.8 Å². The molecule has 4 heteroatoms. The van der Waals surface area contributed by atoms with Crippen LogP contribution < -0.4 is 0 Å².